The number of aliphatic hydroxyl groups excluding tert-OH is 11. The fourth-order valence-corrected chi connectivity index (χ4v) is 6.30. The van der Waals surface area contributed by atoms with Crippen LogP contribution in [0.4, 0.5) is 0 Å². The van der Waals surface area contributed by atoms with Crippen molar-refractivity contribution >= 4 is 5.91 Å². The summed E-state index contributed by atoms with van der Waals surface area (Å²) in [6.45, 7) is -0.0104. The topological polar surface area (TPSA) is 325 Å². The van der Waals surface area contributed by atoms with Crippen LogP contribution < -0.4 is 5.32 Å². The Bertz CT molecular complexity index is 1040. The van der Waals surface area contributed by atoms with Gasteiger partial charge in [-0.05, 0) is 6.92 Å². The molecule has 0 aromatic heterocycles. The van der Waals surface area contributed by atoms with Gasteiger partial charge in [0.2, 0.25) is 5.91 Å². The molecule has 0 saturated carbocycles. The number of methoxy groups -OCH3 is 1. The standard InChI is InChI=1S/C28H49NO20/c1-8-15(34)20(39)24(11(5-31)43-8)48-28-22(41)25(17(36)13(46-28)7-42-3)49-26-14(29-9(2)33)18(37)23(12(6-32)45-26)47-27-21(40)19(38)16(35)10(4-30)44-27/h8,10-28,30-32,34-41H,4-7H2,1-3H3,(H,29,33)/t8-,10?,11?,12?,13?,14?,15?,16-,17-,18+,19-,20+,21?,22?,23+,24+,25-,26-,27-,28-/m0/s1. The zero-order valence-corrected chi connectivity index (χ0v) is 27.0. The van der Waals surface area contributed by atoms with Gasteiger partial charge in [-0.25, -0.2) is 0 Å². The Kier molecular flexibility index (Phi) is 14.4. The molecule has 20 atom stereocenters. The molecule has 286 valence electrons. The van der Waals surface area contributed by atoms with Crippen LogP contribution in [0.2, 0.25) is 0 Å². The summed E-state index contributed by atoms with van der Waals surface area (Å²) in [5.74, 6) is -0.712. The van der Waals surface area contributed by atoms with Crippen molar-refractivity contribution in [3.8, 4) is 0 Å². The summed E-state index contributed by atoms with van der Waals surface area (Å²) in [5.41, 5.74) is 0. The van der Waals surface area contributed by atoms with Gasteiger partial charge in [0, 0.05) is 14.0 Å². The molecule has 8 unspecified atom stereocenters. The van der Waals surface area contributed by atoms with Crippen molar-refractivity contribution in [2.24, 2.45) is 0 Å². The van der Waals surface area contributed by atoms with Gasteiger partial charge in [0.25, 0.3) is 0 Å². The first kappa shape index (κ1) is 40.5. The third kappa shape index (κ3) is 8.68. The number of carbonyl (C=O) groups excluding carboxylic acids is 1. The highest BCUT2D eigenvalue weighted by Crippen LogP contribution is 2.34. The molecule has 0 bridgehead atoms. The SMILES string of the molecule is COCC1O[C@@H](O[C@@H]2C(CO)O[C@@H](C)C(O)[C@H]2O)C(O)[C@@H](O[C@@H]2OC(CO)[C@@H](O[C@@H]3OC(CO)[C@H](O)[C@H](O)C3O)[C@H](O)C2NC(C)=O)[C@H]1O. The van der Waals surface area contributed by atoms with Gasteiger partial charge < -0.3 is 99.4 Å². The van der Waals surface area contributed by atoms with E-state index in [1.54, 1.807) is 0 Å². The highest BCUT2D eigenvalue weighted by atomic mass is 16.8. The number of carbonyl (C=O) groups is 1. The van der Waals surface area contributed by atoms with E-state index in [9.17, 15) is 61.0 Å². The molecule has 4 heterocycles. The van der Waals surface area contributed by atoms with Crippen molar-refractivity contribution < 1.29 is 98.9 Å². The Morgan fingerprint density at radius 2 is 1.08 bits per heavy atom. The second kappa shape index (κ2) is 17.5. The van der Waals surface area contributed by atoms with Crippen molar-refractivity contribution in [2.75, 3.05) is 33.5 Å². The Morgan fingerprint density at radius 1 is 0.571 bits per heavy atom. The molecule has 4 aliphatic rings. The monoisotopic (exact) mass is 719 g/mol. The molecule has 0 aliphatic carbocycles. The van der Waals surface area contributed by atoms with Crippen LogP contribution >= 0.6 is 0 Å². The van der Waals surface area contributed by atoms with Gasteiger partial charge in [0.15, 0.2) is 18.9 Å². The van der Waals surface area contributed by atoms with Crippen LogP contribution in [0.15, 0.2) is 0 Å². The van der Waals surface area contributed by atoms with Gasteiger partial charge in [0.1, 0.15) is 97.6 Å². The molecule has 4 fully saturated rings. The van der Waals surface area contributed by atoms with Gasteiger partial charge in [0.05, 0.1) is 32.5 Å². The minimum Gasteiger partial charge on any atom is -0.394 e. The molecular weight excluding hydrogens is 670 g/mol. The lowest BCUT2D eigenvalue weighted by molar-refractivity contribution is -0.376. The lowest BCUT2D eigenvalue weighted by atomic mass is 9.94. The van der Waals surface area contributed by atoms with Crippen molar-refractivity contribution in [3.63, 3.8) is 0 Å². The third-order valence-electron chi connectivity index (χ3n) is 9.02. The van der Waals surface area contributed by atoms with E-state index in [-0.39, 0.29) is 6.61 Å². The van der Waals surface area contributed by atoms with Crippen molar-refractivity contribution in [1.82, 2.24) is 5.32 Å². The van der Waals surface area contributed by atoms with E-state index >= 15 is 0 Å². The maximum absolute atomic E-state index is 12.2. The quantitative estimate of drug-likeness (QED) is 0.0891. The Labute approximate surface area is 280 Å². The first-order chi connectivity index (χ1) is 23.2. The number of hydrogen-bond donors (Lipinski definition) is 12. The Hall–Kier alpha value is -1.29. The van der Waals surface area contributed by atoms with Gasteiger partial charge in [-0.1, -0.05) is 0 Å². The van der Waals surface area contributed by atoms with Crippen molar-refractivity contribution in [3.05, 3.63) is 0 Å². The molecule has 12 N–H and O–H groups in total. The van der Waals surface area contributed by atoms with Gasteiger partial charge in [-0.3, -0.25) is 4.79 Å². The minimum absolute atomic E-state index is 0.280. The lowest BCUT2D eigenvalue weighted by Crippen LogP contribution is -2.69. The fraction of sp³-hybridized carbons (Fsp3) is 0.964. The molecule has 4 aliphatic heterocycles. The molecule has 21 nitrogen and oxygen atoms in total. The summed E-state index contributed by atoms with van der Waals surface area (Å²) in [6, 6.07) is -1.55. The predicted molar refractivity (Wildman–Crippen MR) is 154 cm³/mol. The highest BCUT2D eigenvalue weighted by Gasteiger charge is 2.55. The van der Waals surface area contributed by atoms with E-state index in [4.69, 9.17) is 37.9 Å². The third-order valence-corrected chi connectivity index (χ3v) is 9.02. The first-order valence-corrected chi connectivity index (χ1v) is 15.8. The number of nitrogens with one attached hydrogen (secondary N) is 1. The lowest BCUT2D eigenvalue weighted by Gasteiger charge is -2.50. The zero-order valence-electron chi connectivity index (χ0n) is 27.0. The van der Waals surface area contributed by atoms with Crippen LogP contribution in [0.1, 0.15) is 13.8 Å². The maximum atomic E-state index is 12.2. The zero-order chi connectivity index (χ0) is 36.3. The van der Waals surface area contributed by atoms with Crippen LogP contribution in [0.25, 0.3) is 0 Å². The maximum Gasteiger partial charge on any atom is 0.217 e. The van der Waals surface area contributed by atoms with Gasteiger partial charge >= 0.3 is 0 Å². The average Bonchev–Trinajstić information content (AvgIpc) is 3.07. The highest BCUT2D eigenvalue weighted by molar-refractivity contribution is 5.73. The van der Waals surface area contributed by atoms with Crippen molar-refractivity contribution in [1.29, 1.82) is 0 Å². The van der Waals surface area contributed by atoms with Gasteiger partial charge in [-0.2, -0.15) is 0 Å². The summed E-state index contributed by atoms with van der Waals surface area (Å²) >= 11 is 0. The van der Waals surface area contributed by atoms with E-state index in [0.717, 1.165) is 6.92 Å². The van der Waals surface area contributed by atoms with Crippen LogP contribution in [-0.2, 0) is 42.7 Å². The van der Waals surface area contributed by atoms with E-state index in [0.29, 0.717) is 0 Å². The predicted octanol–water partition coefficient (Wildman–Crippen LogP) is -7.88. The molecule has 4 rings (SSSR count). The van der Waals surface area contributed by atoms with Crippen LogP contribution in [0.3, 0.4) is 0 Å². The number of amides is 1. The van der Waals surface area contributed by atoms with Gasteiger partial charge in [-0.15, -0.1) is 0 Å². The van der Waals surface area contributed by atoms with Crippen molar-refractivity contribution in [2.45, 2.75) is 136 Å². The Balaban J connectivity index is 1.57. The van der Waals surface area contributed by atoms with Crippen LogP contribution in [-0.4, -0.2) is 218 Å². The Morgan fingerprint density at radius 3 is 1.65 bits per heavy atom. The molecule has 1 amide bonds. The smallest absolute Gasteiger partial charge is 0.217 e. The molecule has 0 aromatic rings. The first-order valence-electron chi connectivity index (χ1n) is 15.8. The molecule has 4 saturated heterocycles. The molecule has 21 heteroatoms. The van der Waals surface area contributed by atoms with E-state index in [1.807, 2.05) is 0 Å². The summed E-state index contributed by atoms with van der Waals surface area (Å²) in [6.07, 6.45) is -30.0. The van der Waals surface area contributed by atoms with E-state index in [2.05, 4.69) is 5.32 Å². The normalized spacial score (nSPS) is 49.4. The number of hydrogen-bond acceptors (Lipinski definition) is 20. The average molecular weight is 720 g/mol. The van der Waals surface area contributed by atoms with E-state index < -0.39 is 148 Å². The van der Waals surface area contributed by atoms with E-state index in [1.165, 1.54) is 14.0 Å². The minimum atomic E-state index is -1.90. The number of ether oxygens (including phenoxy) is 8. The molecule has 0 aromatic carbocycles. The molecular formula is C28H49NO20. The fourth-order valence-electron chi connectivity index (χ4n) is 6.30. The number of aliphatic hydroxyl groups is 11. The summed E-state index contributed by atoms with van der Waals surface area (Å²) in [4.78, 5) is 12.2. The molecule has 49 heavy (non-hydrogen) atoms. The molecule has 0 radical (unpaired) electrons. The largest absolute Gasteiger partial charge is 0.394 e. The number of rotatable bonds is 12. The van der Waals surface area contributed by atoms with Crippen LogP contribution in [0.5, 0.6) is 0 Å². The summed E-state index contributed by atoms with van der Waals surface area (Å²) < 4.78 is 44.9. The summed E-state index contributed by atoms with van der Waals surface area (Å²) in [5, 5.41) is 118. The summed E-state index contributed by atoms with van der Waals surface area (Å²) in [7, 11) is 1.29. The van der Waals surface area contributed by atoms with Crippen LogP contribution in [0, 0.1) is 0 Å². The second-order valence-corrected chi connectivity index (χ2v) is 12.5. The molecule has 0 spiro atoms. The second-order valence-electron chi connectivity index (χ2n) is 12.5.